The van der Waals surface area contributed by atoms with Crippen LogP contribution in [-0.2, 0) is 49.1 Å². The van der Waals surface area contributed by atoms with Gasteiger partial charge in [0.2, 0.25) is 0 Å². The molecule has 3 unspecified atom stereocenters. The van der Waals surface area contributed by atoms with Crippen LogP contribution in [-0.4, -0.2) is 117 Å². The molecule has 1 aromatic rings. The molecule has 3 heterocycles. The molecular formula is C31H50O9. The lowest BCUT2D eigenvalue weighted by atomic mass is 9.84. The fourth-order valence-electron chi connectivity index (χ4n) is 4.65. The van der Waals surface area contributed by atoms with Gasteiger partial charge in [0, 0.05) is 17.3 Å². The van der Waals surface area contributed by atoms with Crippen LogP contribution in [0.15, 0.2) is 30.3 Å². The van der Waals surface area contributed by atoms with E-state index in [-0.39, 0.29) is 29.1 Å². The standard InChI is InChI=1S/C31H50O9/c1-3-30(22-36-23-30)20-34-13-11-32-10-12-33-15-28(16-35-21-31(4-2)24-37-25-31)39-17-27(38-18-29-19-40-29)14-26-8-6-5-7-9-26/h5-9,27-29H,3-4,10-25H2,1-2H3. The minimum Gasteiger partial charge on any atom is -0.380 e. The van der Waals surface area contributed by atoms with Gasteiger partial charge >= 0.3 is 0 Å². The van der Waals surface area contributed by atoms with Crippen molar-refractivity contribution in [3.63, 3.8) is 0 Å². The fraction of sp³-hybridized carbons (Fsp3) is 0.806. The van der Waals surface area contributed by atoms with Crippen LogP contribution >= 0.6 is 0 Å². The molecule has 0 amide bonds. The van der Waals surface area contributed by atoms with Crippen LogP contribution < -0.4 is 0 Å². The first-order valence-corrected chi connectivity index (χ1v) is 15.0. The van der Waals surface area contributed by atoms with Gasteiger partial charge in [0.15, 0.2) is 0 Å². The van der Waals surface area contributed by atoms with Gasteiger partial charge < -0.3 is 42.6 Å². The van der Waals surface area contributed by atoms with E-state index in [4.69, 9.17) is 42.6 Å². The quantitative estimate of drug-likeness (QED) is 0.138. The maximum atomic E-state index is 6.33. The van der Waals surface area contributed by atoms with Crippen molar-refractivity contribution >= 4 is 0 Å². The van der Waals surface area contributed by atoms with E-state index in [2.05, 4.69) is 38.1 Å². The third-order valence-corrected chi connectivity index (χ3v) is 8.05. The van der Waals surface area contributed by atoms with Crippen molar-refractivity contribution in [2.75, 3.05) is 99.1 Å². The number of hydrogen-bond acceptors (Lipinski definition) is 9. The Morgan fingerprint density at radius 1 is 0.725 bits per heavy atom. The van der Waals surface area contributed by atoms with Crippen LogP contribution in [0.25, 0.3) is 0 Å². The lowest BCUT2D eigenvalue weighted by molar-refractivity contribution is -0.164. The minimum absolute atomic E-state index is 0.0715. The van der Waals surface area contributed by atoms with E-state index in [0.29, 0.717) is 59.5 Å². The Bertz CT molecular complexity index is 784. The molecule has 228 valence electrons. The summed E-state index contributed by atoms with van der Waals surface area (Å²) >= 11 is 0. The van der Waals surface area contributed by atoms with Crippen molar-refractivity contribution in [1.82, 2.24) is 0 Å². The molecule has 0 saturated carbocycles. The van der Waals surface area contributed by atoms with E-state index in [1.54, 1.807) is 0 Å². The molecule has 4 rings (SSSR count). The topological polar surface area (TPSA) is 86.4 Å². The van der Waals surface area contributed by atoms with Crippen LogP contribution in [0.5, 0.6) is 0 Å². The molecule has 3 aliphatic rings. The fourth-order valence-corrected chi connectivity index (χ4v) is 4.65. The van der Waals surface area contributed by atoms with E-state index in [1.165, 1.54) is 5.56 Å². The molecule has 0 bridgehead atoms. The summed E-state index contributed by atoms with van der Waals surface area (Å²) in [4.78, 5) is 0. The first-order chi connectivity index (χ1) is 19.6. The van der Waals surface area contributed by atoms with Gasteiger partial charge in [-0.15, -0.1) is 0 Å². The van der Waals surface area contributed by atoms with E-state index in [1.807, 2.05) is 6.07 Å². The molecule has 0 aliphatic carbocycles. The Hall–Kier alpha value is -1.14. The first kappa shape index (κ1) is 31.8. The lowest BCUT2D eigenvalue weighted by Gasteiger charge is -2.40. The number of ether oxygens (including phenoxy) is 9. The molecule has 1 aromatic carbocycles. The van der Waals surface area contributed by atoms with Gasteiger partial charge in [-0.05, 0) is 18.4 Å². The predicted molar refractivity (Wildman–Crippen MR) is 150 cm³/mol. The SMILES string of the molecule is CCC1(COCCOCCOCC(COCC2(CC)COC2)OCC(Cc2ccccc2)OCC2CO2)COC1. The molecule has 0 aromatic heterocycles. The normalized spacial score (nSPS) is 22.3. The smallest absolute Gasteiger partial charge is 0.104 e. The molecule has 3 fully saturated rings. The van der Waals surface area contributed by atoms with Crippen molar-refractivity contribution in [1.29, 1.82) is 0 Å². The van der Waals surface area contributed by atoms with Crippen molar-refractivity contribution in [3.8, 4) is 0 Å². The second-order valence-electron chi connectivity index (χ2n) is 11.5. The zero-order valence-electron chi connectivity index (χ0n) is 24.5. The second-order valence-corrected chi connectivity index (χ2v) is 11.5. The third kappa shape index (κ3) is 10.9. The van der Waals surface area contributed by atoms with Gasteiger partial charge in [-0.2, -0.15) is 0 Å². The highest BCUT2D eigenvalue weighted by molar-refractivity contribution is 5.15. The van der Waals surface area contributed by atoms with Crippen molar-refractivity contribution in [2.24, 2.45) is 10.8 Å². The summed E-state index contributed by atoms with van der Waals surface area (Å²) in [6, 6.07) is 10.4. The van der Waals surface area contributed by atoms with Gasteiger partial charge in [-0.1, -0.05) is 44.2 Å². The Balaban J connectivity index is 1.15. The van der Waals surface area contributed by atoms with Crippen molar-refractivity contribution in [2.45, 2.75) is 51.4 Å². The summed E-state index contributed by atoms with van der Waals surface area (Å²) < 4.78 is 52.2. The van der Waals surface area contributed by atoms with E-state index >= 15 is 0 Å². The summed E-state index contributed by atoms with van der Waals surface area (Å²) in [5.41, 5.74) is 1.56. The van der Waals surface area contributed by atoms with Gasteiger partial charge in [-0.25, -0.2) is 0 Å². The molecule has 3 saturated heterocycles. The molecule has 40 heavy (non-hydrogen) atoms. The molecular weight excluding hydrogens is 516 g/mol. The minimum atomic E-state index is -0.202. The third-order valence-electron chi connectivity index (χ3n) is 8.05. The highest BCUT2D eigenvalue weighted by Crippen LogP contribution is 2.32. The number of hydrogen-bond donors (Lipinski definition) is 0. The first-order valence-electron chi connectivity index (χ1n) is 15.0. The zero-order valence-corrected chi connectivity index (χ0v) is 24.5. The van der Waals surface area contributed by atoms with E-state index in [9.17, 15) is 0 Å². The van der Waals surface area contributed by atoms with Crippen LogP contribution in [0.4, 0.5) is 0 Å². The van der Waals surface area contributed by atoms with Gasteiger partial charge in [-0.3, -0.25) is 0 Å². The van der Waals surface area contributed by atoms with Crippen LogP contribution in [0.3, 0.4) is 0 Å². The molecule has 0 N–H and O–H groups in total. The zero-order chi connectivity index (χ0) is 27.9. The number of rotatable bonds is 24. The number of benzene rings is 1. The Labute approximate surface area is 240 Å². The van der Waals surface area contributed by atoms with Gasteiger partial charge in [0.1, 0.15) is 12.2 Å². The molecule has 0 radical (unpaired) electrons. The average molecular weight is 567 g/mol. The summed E-state index contributed by atoms with van der Waals surface area (Å²) in [5, 5.41) is 0. The van der Waals surface area contributed by atoms with Crippen molar-refractivity contribution in [3.05, 3.63) is 35.9 Å². The molecule has 9 heteroatoms. The van der Waals surface area contributed by atoms with Crippen LogP contribution in [0.1, 0.15) is 32.3 Å². The van der Waals surface area contributed by atoms with Gasteiger partial charge in [0.05, 0.1) is 105 Å². The Morgan fingerprint density at radius 3 is 1.93 bits per heavy atom. The maximum absolute atomic E-state index is 6.33. The maximum Gasteiger partial charge on any atom is 0.104 e. The molecule has 3 atom stereocenters. The summed E-state index contributed by atoms with van der Waals surface area (Å²) in [7, 11) is 0. The lowest BCUT2D eigenvalue weighted by Crippen LogP contribution is -2.46. The Morgan fingerprint density at radius 2 is 1.32 bits per heavy atom. The highest BCUT2D eigenvalue weighted by atomic mass is 16.6. The van der Waals surface area contributed by atoms with Crippen LogP contribution in [0, 0.1) is 10.8 Å². The van der Waals surface area contributed by atoms with E-state index in [0.717, 1.165) is 58.9 Å². The summed E-state index contributed by atoms with van der Waals surface area (Å²) in [6.07, 6.45) is 2.83. The summed E-state index contributed by atoms with van der Waals surface area (Å²) in [6.45, 7) is 13.7. The van der Waals surface area contributed by atoms with Crippen LogP contribution in [0.2, 0.25) is 0 Å². The Kier molecular flexibility index (Phi) is 13.6. The molecule has 9 nitrogen and oxygen atoms in total. The van der Waals surface area contributed by atoms with Crippen molar-refractivity contribution < 1.29 is 42.6 Å². The van der Waals surface area contributed by atoms with Gasteiger partial charge in [0.25, 0.3) is 0 Å². The molecule has 0 spiro atoms. The largest absolute Gasteiger partial charge is 0.380 e. The predicted octanol–water partition coefficient (Wildman–Crippen LogP) is 3.32. The molecule has 3 aliphatic heterocycles. The van der Waals surface area contributed by atoms with E-state index < -0.39 is 0 Å². The summed E-state index contributed by atoms with van der Waals surface area (Å²) in [5.74, 6) is 0. The number of epoxide rings is 1. The highest BCUT2D eigenvalue weighted by Gasteiger charge is 2.38. The second kappa shape index (κ2) is 17.1. The monoisotopic (exact) mass is 566 g/mol. The average Bonchev–Trinajstić information content (AvgIpc) is 3.76.